The van der Waals surface area contributed by atoms with Gasteiger partial charge in [0.15, 0.2) is 6.61 Å². The van der Waals surface area contributed by atoms with E-state index in [-0.39, 0.29) is 0 Å². The molecule has 2 N–H and O–H groups in total. The molecule has 0 fully saturated rings. The number of anilines is 3. The first-order chi connectivity index (χ1) is 17.7. The van der Waals surface area contributed by atoms with Gasteiger partial charge in [-0.05, 0) is 48.5 Å². The highest BCUT2D eigenvalue weighted by atomic mass is 16.5. The Hall–Kier alpha value is -5.04. The Morgan fingerprint density at radius 2 is 1.47 bits per heavy atom. The molecule has 176 valence electrons. The molecule has 0 aliphatic carbocycles. The number of carbonyl (C=O) groups is 2. The molecule has 5 aromatic rings. The molecule has 7 nitrogen and oxygen atoms in total. The highest BCUT2D eigenvalue weighted by Gasteiger charge is 2.15. The van der Waals surface area contributed by atoms with Gasteiger partial charge in [-0.3, -0.25) is 9.78 Å². The fourth-order valence-corrected chi connectivity index (χ4v) is 3.71. The van der Waals surface area contributed by atoms with Crippen LogP contribution in [0.15, 0.2) is 109 Å². The minimum absolute atomic E-state index is 0.339. The normalized spacial score (nSPS) is 10.6. The van der Waals surface area contributed by atoms with Crippen LogP contribution in [0.2, 0.25) is 0 Å². The average molecular weight is 475 g/mol. The quantitative estimate of drug-likeness (QED) is 0.288. The lowest BCUT2D eigenvalue weighted by atomic mass is 10.1. The molecule has 4 aromatic carbocycles. The number of nitrogens with one attached hydrogen (secondary N) is 2. The Balaban J connectivity index is 1.23. The lowest BCUT2D eigenvalue weighted by molar-refractivity contribution is -0.119. The van der Waals surface area contributed by atoms with Crippen molar-refractivity contribution in [3.05, 3.63) is 115 Å². The summed E-state index contributed by atoms with van der Waals surface area (Å²) in [6, 6.07) is 31.4. The first kappa shape index (κ1) is 22.7. The molecule has 36 heavy (non-hydrogen) atoms. The number of rotatable bonds is 7. The van der Waals surface area contributed by atoms with Crippen LogP contribution in [0.1, 0.15) is 10.4 Å². The third-order valence-corrected chi connectivity index (χ3v) is 5.42. The van der Waals surface area contributed by atoms with Gasteiger partial charge in [-0.15, -0.1) is 0 Å². The number of hydrogen-bond acceptors (Lipinski definition) is 6. The number of amides is 1. The number of fused-ring (bicyclic) bond motifs is 1. The van der Waals surface area contributed by atoms with Gasteiger partial charge >= 0.3 is 5.97 Å². The van der Waals surface area contributed by atoms with E-state index in [1.165, 1.54) is 0 Å². The number of nitrogens with zero attached hydrogens (tertiary/aromatic N) is 2. The molecule has 1 amide bonds. The molecule has 0 aliphatic heterocycles. The maximum atomic E-state index is 12.7. The summed E-state index contributed by atoms with van der Waals surface area (Å²) in [5.74, 6) is -1.04. The summed E-state index contributed by atoms with van der Waals surface area (Å²) < 4.78 is 5.29. The number of para-hydroxylation sites is 4. The summed E-state index contributed by atoms with van der Waals surface area (Å²) in [7, 11) is 0. The third kappa shape index (κ3) is 5.37. The van der Waals surface area contributed by atoms with Crippen LogP contribution in [-0.2, 0) is 9.53 Å². The van der Waals surface area contributed by atoms with Crippen molar-refractivity contribution in [3.63, 3.8) is 0 Å². The smallest absolute Gasteiger partial charge is 0.340 e. The summed E-state index contributed by atoms with van der Waals surface area (Å²) >= 11 is 0. The second kappa shape index (κ2) is 10.5. The lowest BCUT2D eigenvalue weighted by Crippen LogP contribution is -2.21. The predicted octanol–water partition coefficient (Wildman–Crippen LogP) is 5.84. The predicted molar refractivity (Wildman–Crippen MR) is 140 cm³/mol. The van der Waals surface area contributed by atoms with E-state index in [4.69, 9.17) is 4.74 Å². The molecule has 0 saturated carbocycles. The zero-order valence-corrected chi connectivity index (χ0v) is 19.2. The summed E-state index contributed by atoms with van der Waals surface area (Å²) in [6.07, 6.45) is 1.70. The second-order valence-electron chi connectivity index (χ2n) is 7.99. The molecule has 0 unspecified atom stereocenters. The summed E-state index contributed by atoms with van der Waals surface area (Å²) in [4.78, 5) is 34.3. The molecule has 1 aromatic heterocycles. The largest absolute Gasteiger partial charge is 0.452 e. The van der Waals surface area contributed by atoms with Gasteiger partial charge in [-0.1, -0.05) is 54.6 Å². The Kier molecular flexibility index (Phi) is 6.62. The van der Waals surface area contributed by atoms with Gasteiger partial charge in [-0.2, -0.15) is 0 Å². The van der Waals surface area contributed by atoms with E-state index >= 15 is 0 Å². The molecule has 0 radical (unpaired) electrons. The van der Waals surface area contributed by atoms with Crippen molar-refractivity contribution < 1.29 is 14.3 Å². The van der Waals surface area contributed by atoms with Crippen LogP contribution in [0, 0.1) is 0 Å². The Bertz CT molecular complexity index is 1540. The number of benzene rings is 4. The monoisotopic (exact) mass is 474 g/mol. The SMILES string of the molecule is O=C(COC(=O)c1ccccc1Nc1ccccc1)Nc1cccc(-c2cnc3ccccc3n2)c1. The van der Waals surface area contributed by atoms with E-state index in [1.54, 1.807) is 36.5 Å². The van der Waals surface area contributed by atoms with Gasteiger partial charge in [0.05, 0.1) is 34.2 Å². The topological polar surface area (TPSA) is 93.2 Å². The van der Waals surface area contributed by atoms with E-state index < -0.39 is 18.5 Å². The maximum Gasteiger partial charge on any atom is 0.340 e. The van der Waals surface area contributed by atoms with Crippen LogP contribution in [0.3, 0.4) is 0 Å². The minimum atomic E-state index is -0.593. The number of carbonyl (C=O) groups excluding carboxylic acids is 2. The van der Waals surface area contributed by atoms with E-state index in [0.717, 1.165) is 22.3 Å². The Morgan fingerprint density at radius 3 is 2.33 bits per heavy atom. The van der Waals surface area contributed by atoms with Gasteiger partial charge in [0.1, 0.15) is 0 Å². The summed E-state index contributed by atoms with van der Waals surface area (Å²) in [6.45, 7) is -0.418. The van der Waals surface area contributed by atoms with Crippen LogP contribution in [-0.4, -0.2) is 28.5 Å². The average Bonchev–Trinajstić information content (AvgIpc) is 2.92. The minimum Gasteiger partial charge on any atom is -0.452 e. The van der Waals surface area contributed by atoms with Gasteiger partial charge in [0.2, 0.25) is 0 Å². The first-order valence-corrected chi connectivity index (χ1v) is 11.4. The molecule has 0 spiro atoms. The number of esters is 1. The number of aromatic nitrogens is 2. The first-order valence-electron chi connectivity index (χ1n) is 11.4. The van der Waals surface area contributed by atoms with Gasteiger partial charge < -0.3 is 15.4 Å². The highest BCUT2D eigenvalue weighted by molar-refractivity contribution is 5.99. The van der Waals surface area contributed by atoms with E-state index in [2.05, 4.69) is 20.6 Å². The molecular weight excluding hydrogens is 452 g/mol. The van der Waals surface area contributed by atoms with Crippen molar-refractivity contribution in [2.45, 2.75) is 0 Å². The van der Waals surface area contributed by atoms with E-state index in [9.17, 15) is 9.59 Å². The van der Waals surface area contributed by atoms with Crippen LogP contribution >= 0.6 is 0 Å². The van der Waals surface area contributed by atoms with Crippen LogP contribution in [0.4, 0.5) is 17.1 Å². The van der Waals surface area contributed by atoms with E-state index in [1.807, 2.05) is 72.8 Å². The molecule has 0 saturated heterocycles. The van der Waals surface area contributed by atoms with Crippen LogP contribution in [0.5, 0.6) is 0 Å². The highest BCUT2D eigenvalue weighted by Crippen LogP contribution is 2.23. The number of hydrogen-bond donors (Lipinski definition) is 2. The third-order valence-electron chi connectivity index (χ3n) is 5.42. The fourth-order valence-electron chi connectivity index (χ4n) is 3.71. The molecule has 5 rings (SSSR count). The molecule has 0 atom stereocenters. The van der Waals surface area contributed by atoms with Crippen molar-refractivity contribution in [3.8, 4) is 11.3 Å². The molecule has 0 bridgehead atoms. The van der Waals surface area contributed by atoms with E-state index in [0.29, 0.717) is 22.6 Å². The molecule has 1 heterocycles. The standard InChI is InChI=1S/C29H22N4O3/c34-28(19-36-29(35)23-13-4-5-14-24(23)31-21-10-2-1-3-11-21)32-22-12-8-9-20(17-22)27-18-30-25-15-6-7-16-26(25)33-27/h1-18,31H,19H2,(H,32,34). The lowest BCUT2D eigenvalue weighted by Gasteiger charge is -2.12. The van der Waals surface area contributed by atoms with Crippen molar-refractivity contribution >= 4 is 40.0 Å². The molecule has 0 aliphatic rings. The maximum absolute atomic E-state index is 12.7. The Labute approximate surface area is 207 Å². The van der Waals surface area contributed by atoms with Gasteiger partial charge in [-0.25, -0.2) is 9.78 Å². The van der Waals surface area contributed by atoms with Crippen molar-refractivity contribution in [1.29, 1.82) is 0 Å². The zero-order valence-electron chi connectivity index (χ0n) is 19.2. The number of ether oxygens (including phenoxy) is 1. The van der Waals surface area contributed by atoms with Crippen molar-refractivity contribution in [2.75, 3.05) is 17.2 Å². The zero-order chi connectivity index (χ0) is 24.7. The molecule has 7 heteroatoms. The van der Waals surface area contributed by atoms with Crippen LogP contribution in [0.25, 0.3) is 22.3 Å². The van der Waals surface area contributed by atoms with Gasteiger partial charge in [0.25, 0.3) is 5.91 Å². The summed E-state index contributed by atoms with van der Waals surface area (Å²) in [5.41, 5.74) is 5.44. The Morgan fingerprint density at radius 1 is 0.750 bits per heavy atom. The summed E-state index contributed by atoms with van der Waals surface area (Å²) in [5, 5.41) is 5.97. The fraction of sp³-hybridized carbons (Fsp3) is 0.0345. The second-order valence-corrected chi connectivity index (χ2v) is 7.99. The van der Waals surface area contributed by atoms with Crippen molar-refractivity contribution in [1.82, 2.24) is 9.97 Å². The molecular formula is C29H22N4O3. The van der Waals surface area contributed by atoms with Crippen LogP contribution < -0.4 is 10.6 Å². The van der Waals surface area contributed by atoms with Gasteiger partial charge in [0, 0.05) is 16.9 Å². The van der Waals surface area contributed by atoms with Crippen molar-refractivity contribution in [2.24, 2.45) is 0 Å².